The molecule has 1 fully saturated rings. The fourth-order valence-corrected chi connectivity index (χ4v) is 4.35. The smallest absolute Gasteiger partial charge is 0.338 e. The minimum absolute atomic E-state index is 0.0479. The summed E-state index contributed by atoms with van der Waals surface area (Å²) in [7, 11) is 0. The molecule has 160 valence electrons. The van der Waals surface area contributed by atoms with Gasteiger partial charge in [-0.2, -0.15) is 5.26 Å². The Morgan fingerprint density at radius 1 is 1.00 bits per heavy atom. The highest BCUT2D eigenvalue weighted by Crippen LogP contribution is 2.41. The van der Waals surface area contributed by atoms with Gasteiger partial charge in [-0.25, -0.2) is 4.79 Å². The average Bonchev–Trinajstić information content (AvgIpc) is 2.75. The molecule has 3 heteroatoms. The Balaban J connectivity index is 1.76. The minimum atomic E-state index is -0.223. The Bertz CT molecular complexity index is 636. The molecule has 29 heavy (non-hydrogen) atoms. The molecule has 0 aromatic heterocycles. The van der Waals surface area contributed by atoms with Crippen LogP contribution < -0.4 is 0 Å². The second-order valence-electron chi connectivity index (χ2n) is 8.82. The summed E-state index contributed by atoms with van der Waals surface area (Å²) >= 11 is 0. The van der Waals surface area contributed by atoms with Crippen molar-refractivity contribution >= 4 is 5.97 Å². The van der Waals surface area contributed by atoms with Gasteiger partial charge in [0.2, 0.25) is 0 Å². The van der Waals surface area contributed by atoms with Crippen molar-refractivity contribution in [1.82, 2.24) is 0 Å². The highest BCUT2D eigenvalue weighted by molar-refractivity contribution is 5.89. The monoisotopic (exact) mass is 397 g/mol. The predicted octanol–water partition coefficient (Wildman–Crippen LogP) is 7.39. The van der Waals surface area contributed by atoms with Crippen LogP contribution in [0.1, 0.15) is 113 Å². The summed E-state index contributed by atoms with van der Waals surface area (Å²) in [5.74, 6) is -0.223. The molecule has 2 rings (SSSR count). The highest BCUT2D eigenvalue weighted by Gasteiger charge is 2.36. The number of hydrogen-bond donors (Lipinski definition) is 0. The number of unbranched alkanes of at least 4 members (excludes halogenated alkanes) is 6. The van der Waals surface area contributed by atoms with Gasteiger partial charge in [-0.1, -0.05) is 70.9 Å². The second kappa shape index (κ2) is 12.7. The first-order valence-corrected chi connectivity index (χ1v) is 11.8. The number of nitrogens with zero attached hydrogens (tertiary/aromatic N) is 1. The fraction of sp³-hybridized carbons (Fsp3) is 0.692. The molecule has 0 heterocycles. The topological polar surface area (TPSA) is 50.1 Å². The van der Waals surface area contributed by atoms with Gasteiger partial charge >= 0.3 is 5.97 Å². The van der Waals surface area contributed by atoms with Crippen LogP contribution in [-0.2, 0) is 11.2 Å². The number of hydrogen-bond acceptors (Lipinski definition) is 3. The van der Waals surface area contributed by atoms with Crippen molar-refractivity contribution in [3.63, 3.8) is 0 Å². The molecule has 0 spiro atoms. The first-order chi connectivity index (χ1) is 14.1. The number of nitriles is 1. The van der Waals surface area contributed by atoms with Gasteiger partial charge in [-0.3, -0.25) is 0 Å². The lowest BCUT2D eigenvalue weighted by atomic mass is 9.71. The Kier molecular flexibility index (Phi) is 10.3. The van der Waals surface area contributed by atoms with Gasteiger partial charge in [0.15, 0.2) is 0 Å². The zero-order valence-electron chi connectivity index (χ0n) is 18.5. The molecule has 1 aliphatic carbocycles. The van der Waals surface area contributed by atoms with Gasteiger partial charge in [-0.15, -0.1) is 0 Å². The van der Waals surface area contributed by atoms with Gasteiger partial charge in [-0.05, 0) is 62.6 Å². The zero-order chi connectivity index (χ0) is 21.0. The van der Waals surface area contributed by atoms with Crippen LogP contribution in [0.15, 0.2) is 24.3 Å². The van der Waals surface area contributed by atoms with Crippen LogP contribution in [0.4, 0.5) is 0 Å². The van der Waals surface area contributed by atoms with Crippen LogP contribution in [0.25, 0.3) is 0 Å². The van der Waals surface area contributed by atoms with Crippen molar-refractivity contribution in [3.8, 4) is 6.07 Å². The van der Waals surface area contributed by atoms with E-state index >= 15 is 0 Å². The molecule has 0 N–H and O–H groups in total. The van der Waals surface area contributed by atoms with Crippen molar-refractivity contribution in [2.75, 3.05) is 0 Å². The van der Waals surface area contributed by atoms with Crippen LogP contribution in [0.5, 0.6) is 0 Å². The lowest BCUT2D eigenvalue weighted by Gasteiger charge is -2.34. The molecule has 1 aromatic rings. The second-order valence-corrected chi connectivity index (χ2v) is 8.82. The standard InChI is InChI=1S/C26H39NO2/c1-3-5-7-8-10-18-26(21-27)19-16-24(17-20-26)29-25(28)23-14-12-22(13-15-23)11-9-6-4-2/h12-15,24H,3-11,16-20H2,1-2H3/t24-,26+. The van der Waals surface area contributed by atoms with Gasteiger partial charge in [0, 0.05) is 0 Å². The number of aryl methyl sites for hydroxylation is 1. The summed E-state index contributed by atoms with van der Waals surface area (Å²) in [4.78, 5) is 12.5. The summed E-state index contributed by atoms with van der Waals surface area (Å²) in [6, 6.07) is 10.5. The van der Waals surface area contributed by atoms with E-state index in [-0.39, 0.29) is 17.5 Å². The quantitative estimate of drug-likeness (QED) is 0.273. The molecule has 1 aromatic carbocycles. The van der Waals surface area contributed by atoms with Gasteiger partial charge in [0.25, 0.3) is 0 Å². The van der Waals surface area contributed by atoms with E-state index < -0.39 is 0 Å². The number of rotatable bonds is 12. The molecule has 0 aliphatic heterocycles. The third-order valence-electron chi connectivity index (χ3n) is 6.42. The van der Waals surface area contributed by atoms with Gasteiger partial charge in [0.05, 0.1) is 17.0 Å². The average molecular weight is 398 g/mol. The number of esters is 1. The number of carbonyl (C=O) groups is 1. The van der Waals surface area contributed by atoms with Crippen molar-refractivity contribution < 1.29 is 9.53 Å². The van der Waals surface area contributed by atoms with Crippen LogP contribution in [0, 0.1) is 16.7 Å². The SMILES string of the molecule is CCCCCCC[C@]1(C#N)CC[C@@H](OC(=O)c2ccc(CCCCC)cc2)CC1. The summed E-state index contributed by atoms with van der Waals surface area (Å²) in [5, 5.41) is 9.74. The van der Waals surface area contributed by atoms with Gasteiger partial charge < -0.3 is 4.74 Å². The van der Waals surface area contributed by atoms with Crippen LogP contribution in [0.3, 0.4) is 0 Å². The summed E-state index contributed by atoms with van der Waals surface area (Å²) in [6.45, 7) is 4.43. The van der Waals surface area contributed by atoms with E-state index in [9.17, 15) is 10.1 Å². The Morgan fingerprint density at radius 3 is 2.24 bits per heavy atom. The van der Waals surface area contributed by atoms with E-state index in [2.05, 4.69) is 19.9 Å². The lowest BCUT2D eigenvalue weighted by Crippen LogP contribution is -2.31. The van der Waals surface area contributed by atoms with Crippen molar-refractivity contribution in [3.05, 3.63) is 35.4 Å². The van der Waals surface area contributed by atoms with Crippen molar-refractivity contribution in [1.29, 1.82) is 5.26 Å². The molecular weight excluding hydrogens is 358 g/mol. The van der Waals surface area contributed by atoms with Crippen LogP contribution in [-0.4, -0.2) is 12.1 Å². The molecular formula is C26H39NO2. The van der Waals surface area contributed by atoms with Crippen molar-refractivity contribution in [2.45, 2.75) is 110 Å². The van der Waals surface area contributed by atoms with E-state index in [1.54, 1.807) is 0 Å². The molecule has 0 unspecified atom stereocenters. The van der Waals surface area contributed by atoms with E-state index in [0.29, 0.717) is 5.56 Å². The largest absolute Gasteiger partial charge is 0.459 e. The normalized spacial score (nSPS) is 21.5. The molecule has 0 atom stereocenters. The molecule has 0 radical (unpaired) electrons. The number of benzene rings is 1. The minimum Gasteiger partial charge on any atom is -0.459 e. The lowest BCUT2D eigenvalue weighted by molar-refractivity contribution is 0.0105. The fourth-order valence-electron chi connectivity index (χ4n) is 4.35. The molecule has 0 bridgehead atoms. The van der Waals surface area contributed by atoms with E-state index in [1.165, 1.54) is 50.5 Å². The third kappa shape index (κ3) is 7.84. The molecule has 0 saturated heterocycles. The van der Waals surface area contributed by atoms with Crippen LogP contribution in [0.2, 0.25) is 0 Å². The Hall–Kier alpha value is -1.82. The summed E-state index contributed by atoms with van der Waals surface area (Å²) in [6.07, 6.45) is 15.2. The number of ether oxygens (including phenoxy) is 1. The third-order valence-corrected chi connectivity index (χ3v) is 6.42. The van der Waals surface area contributed by atoms with Crippen molar-refractivity contribution in [2.24, 2.45) is 5.41 Å². The molecule has 3 nitrogen and oxygen atoms in total. The van der Waals surface area contributed by atoms with E-state index in [0.717, 1.165) is 44.9 Å². The highest BCUT2D eigenvalue weighted by atomic mass is 16.5. The number of carbonyl (C=O) groups excluding carboxylic acids is 1. The van der Waals surface area contributed by atoms with E-state index in [4.69, 9.17) is 4.74 Å². The van der Waals surface area contributed by atoms with Crippen LogP contribution >= 0.6 is 0 Å². The van der Waals surface area contributed by atoms with Gasteiger partial charge in [0.1, 0.15) is 6.10 Å². The Labute approximate surface area is 177 Å². The Morgan fingerprint density at radius 2 is 1.62 bits per heavy atom. The summed E-state index contributed by atoms with van der Waals surface area (Å²) < 4.78 is 5.76. The first-order valence-electron chi connectivity index (χ1n) is 11.8. The maximum absolute atomic E-state index is 12.5. The zero-order valence-corrected chi connectivity index (χ0v) is 18.5. The maximum Gasteiger partial charge on any atom is 0.338 e. The predicted molar refractivity (Wildman–Crippen MR) is 119 cm³/mol. The molecule has 1 aliphatic rings. The van der Waals surface area contributed by atoms with E-state index in [1.807, 2.05) is 24.3 Å². The first kappa shape index (κ1) is 23.5. The molecule has 1 saturated carbocycles. The summed E-state index contributed by atoms with van der Waals surface area (Å²) in [5.41, 5.74) is 1.72. The molecule has 0 amide bonds. The maximum atomic E-state index is 12.5.